The van der Waals surface area contributed by atoms with Crippen molar-refractivity contribution in [3.05, 3.63) is 22.2 Å². The van der Waals surface area contributed by atoms with E-state index < -0.39 is 0 Å². The monoisotopic (exact) mass is 183 g/mol. The molecule has 0 aromatic carbocycles. The van der Waals surface area contributed by atoms with E-state index in [1.807, 2.05) is 0 Å². The van der Waals surface area contributed by atoms with Crippen molar-refractivity contribution in [3.63, 3.8) is 0 Å². The molecule has 0 radical (unpaired) electrons. The summed E-state index contributed by atoms with van der Waals surface area (Å²) in [6.07, 6.45) is 2.68. The molecule has 0 aliphatic heterocycles. The van der Waals surface area contributed by atoms with Crippen LogP contribution in [0.15, 0.2) is 16.3 Å². The van der Waals surface area contributed by atoms with Crippen LogP contribution in [-0.2, 0) is 11.3 Å². The van der Waals surface area contributed by atoms with Crippen LogP contribution in [0, 0.1) is 0 Å². The summed E-state index contributed by atoms with van der Waals surface area (Å²) < 4.78 is 0. The Kier molecular flexibility index (Phi) is 3.02. The minimum atomic E-state index is -0.380. The molecule has 1 heterocycles. The molecule has 0 aliphatic carbocycles. The van der Waals surface area contributed by atoms with Gasteiger partial charge in [-0.1, -0.05) is 5.16 Å². The molecule has 0 unspecified atom stereocenters. The Morgan fingerprint density at radius 1 is 1.85 bits per heavy atom. The van der Waals surface area contributed by atoms with Gasteiger partial charge in [0.15, 0.2) is 0 Å². The maximum atomic E-state index is 11.1. The molecule has 6 heteroatoms. The summed E-state index contributed by atoms with van der Waals surface area (Å²) in [4.78, 5) is 21.3. The Labute approximate surface area is 73.9 Å². The van der Waals surface area contributed by atoms with Crippen LogP contribution >= 0.6 is 0 Å². The highest BCUT2D eigenvalue weighted by molar-refractivity contribution is 5.61. The van der Waals surface area contributed by atoms with E-state index >= 15 is 0 Å². The quantitative estimate of drug-likeness (QED) is 0.495. The SMILES string of the molecule is CO/N=C/Cc1c(O)nc[nH]c1=O. The third kappa shape index (κ3) is 2.29. The molecule has 1 aromatic heterocycles. The average Bonchev–Trinajstić information content (AvgIpc) is 2.10. The molecule has 0 saturated heterocycles. The first-order chi connectivity index (χ1) is 6.25. The summed E-state index contributed by atoms with van der Waals surface area (Å²) in [5.41, 5.74) is -0.210. The number of aromatic hydroxyl groups is 1. The normalized spacial score (nSPS) is 10.5. The lowest BCUT2D eigenvalue weighted by Gasteiger charge is -1.96. The Morgan fingerprint density at radius 3 is 3.23 bits per heavy atom. The molecule has 1 aromatic rings. The number of hydrogen-bond donors (Lipinski definition) is 2. The second-order valence-electron chi connectivity index (χ2n) is 2.21. The second kappa shape index (κ2) is 4.24. The zero-order chi connectivity index (χ0) is 9.68. The summed E-state index contributed by atoms with van der Waals surface area (Å²) in [5.74, 6) is -0.286. The van der Waals surface area contributed by atoms with Crippen molar-refractivity contribution in [2.45, 2.75) is 6.42 Å². The largest absolute Gasteiger partial charge is 0.493 e. The smallest absolute Gasteiger partial charge is 0.258 e. The maximum absolute atomic E-state index is 11.1. The molecule has 0 fully saturated rings. The van der Waals surface area contributed by atoms with E-state index in [-0.39, 0.29) is 23.4 Å². The molecular weight excluding hydrogens is 174 g/mol. The van der Waals surface area contributed by atoms with Crippen LogP contribution in [0.25, 0.3) is 0 Å². The number of aromatic amines is 1. The number of rotatable bonds is 3. The van der Waals surface area contributed by atoms with Gasteiger partial charge < -0.3 is 14.9 Å². The molecule has 0 spiro atoms. The molecule has 0 bridgehead atoms. The van der Waals surface area contributed by atoms with E-state index in [0.717, 1.165) is 6.33 Å². The topological polar surface area (TPSA) is 87.6 Å². The molecule has 2 N–H and O–H groups in total. The van der Waals surface area contributed by atoms with Crippen molar-refractivity contribution >= 4 is 6.21 Å². The molecule has 0 aliphatic rings. The molecule has 1 rings (SSSR count). The molecule has 13 heavy (non-hydrogen) atoms. The number of oxime groups is 1. The van der Waals surface area contributed by atoms with E-state index in [9.17, 15) is 4.79 Å². The van der Waals surface area contributed by atoms with Gasteiger partial charge in [-0.15, -0.1) is 0 Å². The first-order valence-corrected chi connectivity index (χ1v) is 3.56. The Hall–Kier alpha value is -1.85. The van der Waals surface area contributed by atoms with Gasteiger partial charge >= 0.3 is 0 Å². The van der Waals surface area contributed by atoms with Crippen molar-refractivity contribution in [2.24, 2.45) is 5.16 Å². The number of nitrogens with zero attached hydrogens (tertiary/aromatic N) is 2. The van der Waals surface area contributed by atoms with Crippen LogP contribution in [0.5, 0.6) is 5.88 Å². The predicted molar refractivity (Wildman–Crippen MR) is 45.7 cm³/mol. The van der Waals surface area contributed by atoms with Crippen molar-refractivity contribution in [3.8, 4) is 5.88 Å². The standard InChI is InChI=1S/C7H9N3O3/c1-13-10-3-2-5-6(11)8-4-9-7(5)12/h3-4H,2H2,1H3,(H2,8,9,11,12)/b10-3+. The Morgan fingerprint density at radius 2 is 2.62 bits per heavy atom. The van der Waals surface area contributed by atoms with Gasteiger partial charge in [0.05, 0.1) is 11.9 Å². The van der Waals surface area contributed by atoms with Gasteiger partial charge in [0.2, 0.25) is 5.88 Å². The zero-order valence-electron chi connectivity index (χ0n) is 7.02. The first kappa shape index (κ1) is 9.24. The summed E-state index contributed by atoms with van der Waals surface area (Å²) in [6.45, 7) is 0. The summed E-state index contributed by atoms with van der Waals surface area (Å²) in [5, 5.41) is 12.6. The fraction of sp³-hybridized carbons (Fsp3) is 0.286. The Balaban J connectivity index is 2.87. The summed E-state index contributed by atoms with van der Waals surface area (Å²) in [6, 6.07) is 0. The second-order valence-corrected chi connectivity index (χ2v) is 2.21. The molecular formula is C7H9N3O3. The van der Waals surface area contributed by atoms with Gasteiger partial charge in [0.25, 0.3) is 5.56 Å². The molecule has 0 amide bonds. The van der Waals surface area contributed by atoms with Crippen LogP contribution < -0.4 is 5.56 Å². The number of H-pyrrole nitrogens is 1. The molecule has 0 atom stereocenters. The molecule has 6 nitrogen and oxygen atoms in total. The highest BCUT2D eigenvalue weighted by Gasteiger charge is 2.04. The van der Waals surface area contributed by atoms with Crippen LogP contribution in [0.3, 0.4) is 0 Å². The summed E-state index contributed by atoms with van der Waals surface area (Å²) in [7, 11) is 1.39. The number of nitrogens with one attached hydrogen (secondary N) is 1. The highest BCUT2D eigenvalue weighted by Crippen LogP contribution is 2.05. The first-order valence-electron chi connectivity index (χ1n) is 3.56. The van der Waals surface area contributed by atoms with Crippen LogP contribution in [-0.4, -0.2) is 28.4 Å². The van der Waals surface area contributed by atoms with Crippen molar-refractivity contribution in [1.82, 2.24) is 9.97 Å². The van der Waals surface area contributed by atoms with Crippen molar-refractivity contribution in [1.29, 1.82) is 0 Å². The fourth-order valence-corrected chi connectivity index (χ4v) is 0.806. The predicted octanol–water partition coefficient (Wildman–Crippen LogP) is -0.350. The highest BCUT2D eigenvalue weighted by atomic mass is 16.6. The van der Waals surface area contributed by atoms with Crippen LogP contribution in [0.2, 0.25) is 0 Å². The maximum Gasteiger partial charge on any atom is 0.258 e. The van der Waals surface area contributed by atoms with Gasteiger partial charge in [0.1, 0.15) is 7.11 Å². The lowest BCUT2D eigenvalue weighted by Crippen LogP contribution is -2.13. The van der Waals surface area contributed by atoms with Gasteiger partial charge in [0, 0.05) is 12.6 Å². The third-order valence-electron chi connectivity index (χ3n) is 1.40. The van der Waals surface area contributed by atoms with Gasteiger partial charge in [-0.2, -0.15) is 0 Å². The molecule has 70 valence electrons. The third-order valence-corrected chi connectivity index (χ3v) is 1.40. The van der Waals surface area contributed by atoms with E-state index in [0.29, 0.717) is 0 Å². The fourth-order valence-electron chi connectivity index (χ4n) is 0.806. The van der Waals surface area contributed by atoms with Gasteiger partial charge in [-0.3, -0.25) is 4.79 Å². The molecule has 0 saturated carbocycles. The minimum absolute atomic E-state index is 0.170. The van der Waals surface area contributed by atoms with Gasteiger partial charge in [-0.25, -0.2) is 4.98 Å². The zero-order valence-corrected chi connectivity index (χ0v) is 7.02. The van der Waals surface area contributed by atoms with E-state index in [2.05, 4.69) is 20.0 Å². The van der Waals surface area contributed by atoms with Crippen LogP contribution in [0.4, 0.5) is 0 Å². The van der Waals surface area contributed by atoms with E-state index in [1.54, 1.807) is 0 Å². The lowest BCUT2D eigenvalue weighted by molar-refractivity contribution is 0.214. The van der Waals surface area contributed by atoms with Crippen molar-refractivity contribution in [2.75, 3.05) is 7.11 Å². The number of aromatic nitrogens is 2. The van der Waals surface area contributed by atoms with Crippen molar-refractivity contribution < 1.29 is 9.94 Å². The number of hydrogen-bond acceptors (Lipinski definition) is 5. The van der Waals surface area contributed by atoms with Gasteiger partial charge in [-0.05, 0) is 0 Å². The van der Waals surface area contributed by atoms with E-state index in [4.69, 9.17) is 5.11 Å². The van der Waals surface area contributed by atoms with E-state index in [1.165, 1.54) is 13.3 Å². The van der Waals surface area contributed by atoms with Crippen LogP contribution in [0.1, 0.15) is 5.56 Å². The minimum Gasteiger partial charge on any atom is -0.493 e. The average molecular weight is 183 g/mol. The lowest BCUT2D eigenvalue weighted by atomic mass is 10.2. The summed E-state index contributed by atoms with van der Waals surface area (Å²) >= 11 is 0. The Bertz CT molecular complexity index is 358.